The molecule has 2 aromatic carbocycles. The van der Waals surface area contributed by atoms with E-state index in [0.717, 1.165) is 12.8 Å². The summed E-state index contributed by atoms with van der Waals surface area (Å²) in [6, 6.07) is 17.0. The number of rotatable bonds is 9. The van der Waals surface area contributed by atoms with E-state index in [-0.39, 0.29) is 11.8 Å². The molecule has 2 rings (SSSR count). The van der Waals surface area contributed by atoms with Crippen molar-refractivity contribution >= 4 is 17.5 Å². The van der Waals surface area contributed by atoms with E-state index >= 15 is 0 Å². The maximum Gasteiger partial charge on any atom is 0.251 e. The van der Waals surface area contributed by atoms with Crippen molar-refractivity contribution in [3.8, 4) is 0 Å². The van der Waals surface area contributed by atoms with E-state index in [0.29, 0.717) is 30.8 Å². The summed E-state index contributed by atoms with van der Waals surface area (Å²) in [5.74, 6) is -0.175. The number of benzene rings is 2. The molecule has 0 atom stereocenters. The topological polar surface area (TPSA) is 67.4 Å². The van der Waals surface area contributed by atoms with Crippen molar-refractivity contribution in [2.24, 2.45) is 0 Å². The van der Waals surface area contributed by atoms with Gasteiger partial charge in [0.15, 0.2) is 0 Å². The standard InChI is InChI=1S/C20H24N2O3/c1-25-15-14-21-20(24)17-10-12-18(13-11-17)22-19(23)9-5-8-16-6-3-2-4-7-16/h2-4,6-7,10-13H,5,8-9,14-15H2,1H3,(H,21,24)(H,22,23). The molecule has 0 aliphatic heterocycles. The summed E-state index contributed by atoms with van der Waals surface area (Å²) in [7, 11) is 1.59. The van der Waals surface area contributed by atoms with Crippen LogP contribution in [0, 0.1) is 0 Å². The van der Waals surface area contributed by atoms with Crippen LogP contribution >= 0.6 is 0 Å². The predicted octanol–water partition coefficient (Wildman–Crippen LogP) is 3.02. The van der Waals surface area contributed by atoms with Crippen LogP contribution in [0.3, 0.4) is 0 Å². The van der Waals surface area contributed by atoms with E-state index in [2.05, 4.69) is 22.8 Å². The summed E-state index contributed by atoms with van der Waals surface area (Å²) >= 11 is 0. The van der Waals surface area contributed by atoms with Gasteiger partial charge in [0, 0.05) is 31.3 Å². The van der Waals surface area contributed by atoms with Crippen LogP contribution < -0.4 is 10.6 Å². The first-order valence-electron chi connectivity index (χ1n) is 8.40. The Bertz CT molecular complexity index is 669. The highest BCUT2D eigenvalue weighted by Crippen LogP contribution is 2.11. The Kier molecular flexibility index (Phi) is 7.66. The van der Waals surface area contributed by atoms with E-state index < -0.39 is 0 Å². The number of aryl methyl sites for hydroxylation is 1. The predicted molar refractivity (Wildman–Crippen MR) is 98.7 cm³/mol. The lowest BCUT2D eigenvalue weighted by Gasteiger charge is -2.07. The molecular formula is C20H24N2O3. The number of nitrogens with one attached hydrogen (secondary N) is 2. The summed E-state index contributed by atoms with van der Waals surface area (Å²) in [5, 5.41) is 5.61. The van der Waals surface area contributed by atoms with Gasteiger partial charge in [0.25, 0.3) is 5.91 Å². The van der Waals surface area contributed by atoms with E-state index in [4.69, 9.17) is 4.74 Å². The minimum Gasteiger partial charge on any atom is -0.383 e. The zero-order valence-corrected chi connectivity index (χ0v) is 14.5. The highest BCUT2D eigenvalue weighted by Gasteiger charge is 2.06. The molecule has 0 fully saturated rings. The van der Waals surface area contributed by atoms with Gasteiger partial charge in [-0.05, 0) is 42.7 Å². The summed E-state index contributed by atoms with van der Waals surface area (Å²) in [4.78, 5) is 23.9. The Balaban J connectivity index is 1.74. The highest BCUT2D eigenvalue weighted by molar-refractivity contribution is 5.95. The minimum absolute atomic E-state index is 0.0202. The summed E-state index contributed by atoms with van der Waals surface area (Å²) < 4.78 is 4.89. The first-order chi connectivity index (χ1) is 12.2. The van der Waals surface area contributed by atoms with Crippen LogP contribution in [0.5, 0.6) is 0 Å². The molecule has 0 bridgehead atoms. The molecule has 0 spiro atoms. The molecule has 2 N–H and O–H groups in total. The highest BCUT2D eigenvalue weighted by atomic mass is 16.5. The second-order valence-electron chi connectivity index (χ2n) is 5.71. The lowest BCUT2D eigenvalue weighted by Crippen LogP contribution is -2.26. The van der Waals surface area contributed by atoms with Gasteiger partial charge < -0.3 is 15.4 Å². The molecule has 0 unspecified atom stereocenters. The monoisotopic (exact) mass is 340 g/mol. The third kappa shape index (κ3) is 6.77. The number of amides is 2. The fraction of sp³-hybridized carbons (Fsp3) is 0.300. The minimum atomic E-state index is -0.155. The molecule has 0 heterocycles. The van der Waals surface area contributed by atoms with Crippen LogP contribution in [0.4, 0.5) is 5.69 Å². The van der Waals surface area contributed by atoms with Crippen LogP contribution in [0.2, 0.25) is 0 Å². The third-order valence-electron chi connectivity index (χ3n) is 3.73. The Hall–Kier alpha value is -2.66. The lowest BCUT2D eigenvalue weighted by atomic mass is 10.1. The maximum absolute atomic E-state index is 12.0. The number of hydrogen-bond acceptors (Lipinski definition) is 3. The van der Waals surface area contributed by atoms with E-state index in [1.54, 1.807) is 31.4 Å². The molecule has 132 valence electrons. The number of ether oxygens (including phenoxy) is 1. The van der Waals surface area contributed by atoms with Gasteiger partial charge in [0.05, 0.1) is 6.61 Å². The third-order valence-corrected chi connectivity index (χ3v) is 3.73. The smallest absolute Gasteiger partial charge is 0.251 e. The van der Waals surface area contributed by atoms with Gasteiger partial charge in [-0.1, -0.05) is 30.3 Å². The van der Waals surface area contributed by atoms with E-state index in [1.165, 1.54) is 5.56 Å². The number of carbonyl (C=O) groups is 2. The number of hydrogen-bond donors (Lipinski definition) is 2. The molecule has 5 nitrogen and oxygen atoms in total. The Morgan fingerprint density at radius 3 is 2.40 bits per heavy atom. The summed E-state index contributed by atoms with van der Waals surface area (Å²) in [6.07, 6.45) is 2.15. The molecule has 25 heavy (non-hydrogen) atoms. The largest absolute Gasteiger partial charge is 0.383 e. The van der Waals surface area contributed by atoms with Crippen LogP contribution in [-0.2, 0) is 16.0 Å². The van der Waals surface area contributed by atoms with Crippen molar-refractivity contribution in [1.29, 1.82) is 0 Å². The van der Waals surface area contributed by atoms with Gasteiger partial charge in [-0.25, -0.2) is 0 Å². The molecule has 0 saturated carbocycles. The first kappa shape index (κ1) is 18.7. The fourth-order valence-electron chi connectivity index (χ4n) is 2.39. The zero-order chi connectivity index (χ0) is 17.9. The average molecular weight is 340 g/mol. The summed E-state index contributed by atoms with van der Waals surface area (Å²) in [5.41, 5.74) is 2.48. The number of carbonyl (C=O) groups excluding carboxylic acids is 2. The van der Waals surface area contributed by atoms with Crippen LogP contribution in [0.1, 0.15) is 28.8 Å². The molecule has 0 saturated heterocycles. The number of anilines is 1. The van der Waals surface area contributed by atoms with Gasteiger partial charge in [0.2, 0.25) is 5.91 Å². The van der Waals surface area contributed by atoms with Crippen molar-refractivity contribution in [3.05, 3.63) is 65.7 Å². The van der Waals surface area contributed by atoms with Crippen molar-refractivity contribution in [2.75, 3.05) is 25.6 Å². The molecule has 2 aromatic rings. The summed E-state index contributed by atoms with van der Waals surface area (Å²) in [6.45, 7) is 0.943. The van der Waals surface area contributed by atoms with Crippen molar-refractivity contribution in [1.82, 2.24) is 5.32 Å². The van der Waals surface area contributed by atoms with Gasteiger partial charge in [-0.3, -0.25) is 9.59 Å². The normalized spacial score (nSPS) is 10.3. The fourth-order valence-corrected chi connectivity index (χ4v) is 2.39. The van der Waals surface area contributed by atoms with Crippen LogP contribution in [-0.4, -0.2) is 32.1 Å². The van der Waals surface area contributed by atoms with Gasteiger partial charge in [-0.2, -0.15) is 0 Å². The molecule has 0 aromatic heterocycles. The number of methoxy groups -OCH3 is 1. The Labute approximate surface area is 148 Å². The molecule has 2 amide bonds. The van der Waals surface area contributed by atoms with Crippen LogP contribution in [0.15, 0.2) is 54.6 Å². The molecule has 0 aliphatic rings. The lowest BCUT2D eigenvalue weighted by molar-refractivity contribution is -0.116. The van der Waals surface area contributed by atoms with Crippen molar-refractivity contribution in [3.63, 3.8) is 0 Å². The second-order valence-corrected chi connectivity index (χ2v) is 5.71. The molecule has 5 heteroatoms. The molecule has 0 aliphatic carbocycles. The SMILES string of the molecule is COCCNC(=O)c1ccc(NC(=O)CCCc2ccccc2)cc1. The molecule has 0 radical (unpaired) electrons. The first-order valence-corrected chi connectivity index (χ1v) is 8.40. The quantitative estimate of drug-likeness (QED) is 0.690. The Morgan fingerprint density at radius 1 is 1.00 bits per heavy atom. The average Bonchev–Trinajstić information content (AvgIpc) is 2.63. The van der Waals surface area contributed by atoms with Crippen LogP contribution in [0.25, 0.3) is 0 Å². The van der Waals surface area contributed by atoms with Gasteiger partial charge >= 0.3 is 0 Å². The molecular weight excluding hydrogens is 316 g/mol. The van der Waals surface area contributed by atoms with Crippen molar-refractivity contribution in [2.45, 2.75) is 19.3 Å². The van der Waals surface area contributed by atoms with Gasteiger partial charge in [0.1, 0.15) is 0 Å². The van der Waals surface area contributed by atoms with Crippen molar-refractivity contribution < 1.29 is 14.3 Å². The Morgan fingerprint density at radius 2 is 1.72 bits per heavy atom. The second kappa shape index (κ2) is 10.3. The van der Waals surface area contributed by atoms with E-state index in [9.17, 15) is 9.59 Å². The van der Waals surface area contributed by atoms with E-state index in [1.807, 2.05) is 18.2 Å². The zero-order valence-electron chi connectivity index (χ0n) is 14.5. The maximum atomic E-state index is 12.0. The van der Waals surface area contributed by atoms with Gasteiger partial charge in [-0.15, -0.1) is 0 Å².